The third-order valence-electron chi connectivity index (χ3n) is 4.53. The number of hydrogen-bond donors (Lipinski definition) is 0. The lowest BCUT2D eigenvalue weighted by molar-refractivity contribution is -0.274. The van der Waals surface area contributed by atoms with Crippen LogP contribution >= 0.6 is 0 Å². The molecule has 2 amide bonds. The Kier molecular flexibility index (Phi) is 6.39. The molecule has 0 radical (unpaired) electrons. The van der Waals surface area contributed by atoms with Crippen molar-refractivity contribution in [2.75, 3.05) is 26.2 Å². The molecule has 3 rings (SSSR count). The van der Waals surface area contributed by atoms with E-state index in [4.69, 9.17) is 0 Å². The van der Waals surface area contributed by atoms with Gasteiger partial charge in [0, 0.05) is 37.8 Å². The van der Waals surface area contributed by atoms with Gasteiger partial charge in [-0.25, -0.2) is 4.39 Å². The van der Waals surface area contributed by atoms with Crippen molar-refractivity contribution < 1.29 is 31.9 Å². The average molecular weight is 422 g/mol. The van der Waals surface area contributed by atoms with Crippen LogP contribution in [0.5, 0.6) is 5.75 Å². The predicted octanol–water partition coefficient (Wildman–Crippen LogP) is 3.72. The maximum Gasteiger partial charge on any atom is 0.573 e. The predicted molar refractivity (Wildman–Crippen MR) is 101 cm³/mol. The lowest BCUT2D eigenvalue weighted by Crippen LogP contribution is -2.50. The first-order valence-corrected chi connectivity index (χ1v) is 9.10. The number of piperazine rings is 1. The summed E-state index contributed by atoms with van der Waals surface area (Å²) in [4.78, 5) is 27.7. The molecule has 0 spiro atoms. The van der Waals surface area contributed by atoms with Gasteiger partial charge < -0.3 is 14.5 Å². The van der Waals surface area contributed by atoms with Gasteiger partial charge in [0.2, 0.25) is 5.91 Å². The second-order valence-corrected chi connectivity index (χ2v) is 6.52. The van der Waals surface area contributed by atoms with Crippen LogP contribution in [0.3, 0.4) is 0 Å². The van der Waals surface area contributed by atoms with Gasteiger partial charge in [0.1, 0.15) is 11.6 Å². The molecule has 1 fully saturated rings. The van der Waals surface area contributed by atoms with E-state index < -0.39 is 29.7 Å². The third-order valence-corrected chi connectivity index (χ3v) is 4.53. The minimum atomic E-state index is -4.84. The highest BCUT2D eigenvalue weighted by Gasteiger charge is 2.32. The molecule has 0 N–H and O–H groups in total. The molecular formula is C21H18F4N2O3. The molecule has 2 aromatic rings. The van der Waals surface area contributed by atoms with Gasteiger partial charge in [0.25, 0.3) is 5.91 Å². The van der Waals surface area contributed by atoms with Crippen LogP contribution in [0, 0.1) is 5.82 Å². The number of benzene rings is 2. The summed E-state index contributed by atoms with van der Waals surface area (Å²) < 4.78 is 55.2. The molecule has 0 aliphatic carbocycles. The van der Waals surface area contributed by atoms with Crippen LogP contribution in [-0.2, 0) is 4.79 Å². The number of para-hydroxylation sites is 1. The molecule has 9 heteroatoms. The Morgan fingerprint density at radius 1 is 0.900 bits per heavy atom. The fourth-order valence-electron chi connectivity index (χ4n) is 3.04. The second-order valence-electron chi connectivity index (χ2n) is 6.52. The topological polar surface area (TPSA) is 49.9 Å². The Morgan fingerprint density at radius 3 is 2.17 bits per heavy atom. The first-order valence-electron chi connectivity index (χ1n) is 9.10. The molecule has 0 bridgehead atoms. The summed E-state index contributed by atoms with van der Waals surface area (Å²) in [5.41, 5.74) is 0.0787. The van der Waals surface area contributed by atoms with E-state index in [9.17, 15) is 27.2 Å². The number of hydrogen-bond acceptors (Lipinski definition) is 3. The molecule has 30 heavy (non-hydrogen) atoms. The fraction of sp³-hybridized carbons (Fsp3) is 0.238. The Balaban J connectivity index is 1.60. The van der Waals surface area contributed by atoms with Crippen LogP contribution in [0.1, 0.15) is 15.9 Å². The van der Waals surface area contributed by atoms with Gasteiger partial charge in [-0.15, -0.1) is 13.2 Å². The molecule has 1 heterocycles. The summed E-state index contributed by atoms with van der Waals surface area (Å²) in [6.07, 6.45) is -2.43. The van der Waals surface area contributed by atoms with E-state index >= 15 is 0 Å². The van der Waals surface area contributed by atoms with Gasteiger partial charge in [0.05, 0.1) is 5.56 Å². The number of halogens is 4. The molecule has 0 saturated carbocycles. The molecule has 0 aromatic heterocycles. The summed E-state index contributed by atoms with van der Waals surface area (Å²) in [7, 11) is 0. The number of carbonyl (C=O) groups is 2. The molecule has 0 atom stereocenters. The zero-order valence-electron chi connectivity index (χ0n) is 15.7. The highest BCUT2D eigenvalue weighted by molar-refractivity contribution is 5.95. The van der Waals surface area contributed by atoms with Gasteiger partial charge in [-0.1, -0.05) is 30.3 Å². The Labute approximate surface area is 170 Å². The Hall–Kier alpha value is -3.36. The van der Waals surface area contributed by atoms with E-state index in [1.165, 1.54) is 52.3 Å². The van der Waals surface area contributed by atoms with Gasteiger partial charge in [-0.05, 0) is 24.3 Å². The first kappa shape index (κ1) is 21.4. The first-order chi connectivity index (χ1) is 14.2. The van der Waals surface area contributed by atoms with Gasteiger partial charge in [-0.2, -0.15) is 0 Å². The minimum absolute atomic E-state index is 0.0292. The zero-order valence-corrected chi connectivity index (χ0v) is 15.7. The molecule has 1 saturated heterocycles. The maximum atomic E-state index is 13.8. The van der Waals surface area contributed by atoms with Crippen LogP contribution in [0.4, 0.5) is 17.6 Å². The molecule has 5 nitrogen and oxygen atoms in total. The van der Waals surface area contributed by atoms with Crippen molar-refractivity contribution in [1.82, 2.24) is 9.80 Å². The number of ether oxygens (including phenoxy) is 1. The molecular weight excluding hydrogens is 404 g/mol. The normalized spacial score (nSPS) is 14.8. The van der Waals surface area contributed by atoms with Crippen molar-refractivity contribution in [3.8, 4) is 5.75 Å². The quantitative estimate of drug-likeness (QED) is 0.558. The van der Waals surface area contributed by atoms with Crippen LogP contribution in [-0.4, -0.2) is 54.2 Å². The minimum Gasteiger partial charge on any atom is -0.405 e. The van der Waals surface area contributed by atoms with Crippen LogP contribution in [0.2, 0.25) is 0 Å². The Bertz CT molecular complexity index is 951. The lowest BCUT2D eigenvalue weighted by Gasteiger charge is -2.34. The number of carbonyl (C=O) groups excluding carboxylic acids is 2. The summed E-state index contributed by atoms with van der Waals surface area (Å²) in [6, 6.07) is 11.2. The number of amides is 2. The van der Waals surface area contributed by atoms with E-state index in [2.05, 4.69) is 4.74 Å². The highest BCUT2D eigenvalue weighted by Crippen LogP contribution is 2.27. The van der Waals surface area contributed by atoms with Crippen molar-refractivity contribution in [2.45, 2.75) is 6.36 Å². The smallest absolute Gasteiger partial charge is 0.405 e. The molecule has 158 valence electrons. The van der Waals surface area contributed by atoms with Crippen molar-refractivity contribution in [3.05, 3.63) is 71.6 Å². The van der Waals surface area contributed by atoms with Crippen molar-refractivity contribution in [1.29, 1.82) is 0 Å². The summed E-state index contributed by atoms with van der Waals surface area (Å²) in [5, 5.41) is 0. The molecule has 1 aliphatic heterocycles. The SMILES string of the molecule is O=C(/C=C/c1ccccc1OC(F)(F)F)N1CCN(C(=O)c2ccccc2F)CC1. The van der Waals surface area contributed by atoms with Crippen LogP contribution < -0.4 is 4.74 Å². The van der Waals surface area contributed by atoms with E-state index in [1.807, 2.05) is 0 Å². The van der Waals surface area contributed by atoms with Gasteiger partial charge in [0.15, 0.2) is 0 Å². The largest absolute Gasteiger partial charge is 0.573 e. The maximum absolute atomic E-state index is 13.8. The molecule has 0 unspecified atom stereocenters. The average Bonchev–Trinajstić information content (AvgIpc) is 2.72. The van der Waals surface area contributed by atoms with E-state index in [-0.39, 0.29) is 37.3 Å². The number of rotatable bonds is 4. The third kappa shape index (κ3) is 5.37. The number of nitrogens with zero attached hydrogens (tertiary/aromatic N) is 2. The van der Waals surface area contributed by atoms with Crippen molar-refractivity contribution >= 4 is 17.9 Å². The van der Waals surface area contributed by atoms with E-state index in [1.54, 1.807) is 6.07 Å². The second kappa shape index (κ2) is 8.98. The van der Waals surface area contributed by atoms with E-state index in [0.29, 0.717) is 0 Å². The van der Waals surface area contributed by atoms with Gasteiger partial charge in [-0.3, -0.25) is 9.59 Å². The molecule has 1 aliphatic rings. The standard InChI is InChI=1S/C21H18F4N2O3/c22-17-7-3-2-6-16(17)20(29)27-13-11-26(12-14-27)19(28)10-9-15-5-1-4-8-18(15)30-21(23,24)25/h1-10H,11-14H2/b10-9+. The lowest BCUT2D eigenvalue weighted by atomic mass is 10.1. The van der Waals surface area contributed by atoms with E-state index in [0.717, 1.165) is 12.1 Å². The molecule has 2 aromatic carbocycles. The highest BCUT2D eigenvalue weighted by atomic mass is 19.4. The van der Waals surface area contributed by atoms with Crippen molar-refractivity contribution in [2.24, 2.45) is 0 Å². The summed E-state index contributed by atoms with van der Waals surface area (Å²) in [6.45, 7) is 0.898. The van der Waals surface area contributed by atoms with Crippen LogP contribution in [0.25, 0.3) is 6.08 Å². The van der Waals surface area contributed by atoms with Gasteiger partial charge >= 0.3 is 6.36 Å². The number of alkyl halides is 3. The fourth-order valence-corrected chi connectivity index (χ4v) is 3.04. The zero-order chi connectivity index (χ0) is 21.7. The Morgan fingerprint density at radius 2 is 1.50 bits per heavy atom. The summed E-state index contributed by atoms with van der Waals surface area (Å²) in [5.74, 6) is -1.87. The van der Waals surface area contributed by atoms with Crippen LogP contribution in [0.15, 0.2) is 54.6 Å². The monoisotopic (exact) mass is 422 g/mol. The summed E-state index contributed by atoms with van der Waals surface area (Å²) >= 11 is 0. The van der Waals surface area contributed by atoms with Crippen molar-refractivity contribution in [3.63, 3.8) is 0 Å².